The highest BCUT2D eigenvalue weighted by molar-refractivity contribution is 6.00. The van der Waals surface area contributed by atoms with E-state index < -0.39 is 23.5 Å². The fraction of sp³-hybridized carbons (Fsp3) is 0.316. The van der Waals surface area contributed by atoms with Gasteiger partial charge >= 0.3 is 6.18 Å². The number of rotatable bonds is 3. The second-order valence-electron chi connectivity index (χ2n) is 6.19. The largest absolute Gasteiger partial charge is 0.416 e. The monoisotopic (exact) mass is 351 g/mol. The molecule has 0 radical (unpaired) electrons. The maximum Gasteiger partial charge on any atom is 0.416 e. The Morgan fingerprint density at radius 3 is 2.40 bits per heavy atom. The zero-order chi connectivity index (χ0) is 18.2. The predicted octanol–water partition coefficient (Wildman–Crippen LogP) is 5.00. The van der Waals surface area contributed by atoms with Gasteiger partial charge in [0.1, 0.15) is 5.82 Å². The molecule has 132 valence electrons. The second-order valence-corrected chi connectivity index (χ2v) is 6.19. The highest BCUT2D eigenvalue weighted by atomic mass is 19.4. The first-order valence-electron chi connectivity index (χ1n) is 8.05. The number of nitrogens with zero attached hydrogens (tertiary/aromatic N) is 1. The average Bonchev–Trinajstić information content (AvgIpc) is 2.92. The van der Waals surface area contributed by atoms with E-state index in [1.807, 2.05) is 6.92 Å². The van der Waals surface area contributed by atoms with Crippen molar-refractivity contribution in [3.63, 3.8) is 0 Å². The first kappa shape index (κ1) is 17.5. The number of carbonyl (C=O) groups is 1. The normalized spacial score (nSPS) is 21.0. The lowest BCUT2D eigenvalue weighted by molar-refractivity contribution is -0.137. The van der Waals surface area contributed by atoms with E-state index >= 15 is 0 Å². The Balaban J connectivity index is 1.94. The van der Waals surface area contributed by atoms with Crippen molar-refractivity contribution in [1.29, 1.82) is 0 Å². The molecule has 1 aliphatic rings. The molecular weight excluding hydrogens is 334 g/mol. The molecule has 0 spiro atoms. The molecule has 0 N–H and O–H groups in total. The molecule has 1 aliphatic heterocycles. The van der Waals surface area contributed by atoms with Crippen LogP contribution in [0, 0.1) is 11.7 Å². The van der Waals surface area contributed by atoms with Crippen LogP contribution in [0.4, 0.5) is 23.2 Å². The van der Waals surface area contributed by atoms with Crippen molar-refractivity contribution in [2.24, 2.45) is 5.92 Å². The Hall–Kier alpha value is -2.37. The molecule has 2 aromatic carbocycles. The van der Waals surface area contributed by atoms with Crippen molar-refractivity contribution in [3.05, 3.63) is 65.5 Å². The molecule has 2 aromatic rings. The van der Waals surface area contributed by atoms with Gasteiger partial charge in [0.05, 0.1) is 11.5 Å². The SMILES string of the molecule is CCC1CN(c2cccc(C(F)(F)F)c2)C(=O)C1c1ccc(F)cc1. The predicted molar refractivity (Wildman–Crippen MR) is 86.7 cm³/mol. The van der Waals surface area contributed by atoms with E-state index in [-0.39, 0.29) is 17.5 Å². The van der Waals surface area contributed by atoms with Crippen LogP contribution in [0.15, 0.2) is 48.5 Å². The molecule has 0 bridgehead atoms. The smallest absolute Gasteiger partial charge is 0.312 e. The van der Waals surface area contributed by atoms with Gasteiger partial charge in [-0.1, -0.05) is 31.5 Å². The van der Waals surface area contributed by atoms with Gasteiger partial charge in [0.25, 0.3) is 0 Å². The lowest BCUT2D eigenvalue weighted by atomic mass is 9.87. The molecule has 0 aromatic heterocycles. The molecule has 1 fully saturated rings. The van der Waals surface area contributed by atoms with E-state index in [4.69, 9.17) is 0 Å². The highest BCUT2D eigenvalue weighted by Crippen LogP contribution is 2.39. The van der Waals surface area contributed by atoms with Crippen LogP contribution in [0.25, 0.3) is 0 Å². The van der Waals surface area contributed by atoms with Gasteiger partial charge in [-0.3, -0.25) is 4.79 Å². The molecule has 1 amide bonds. The quantitative estimate of drug-likeness (QED) is 0.713. The van der Waals surface area contributed by atoms with Crippen LogP contribution in [0.5, 0.6) is 0 Å². The van der Waals surface area contributed by atoms with Gasteiger partial charge in [-0.15, -0.1) is 0 Å². The number of carbonyl (C=O) groups excluding carboxylic acids is 1. The average molecular weight is 351 g/mol. The summed E-state index contributed by atoms with van der Waals surface area (Å²) >= 11 is 0. The number of hydrogen-bond acceptors (Lipinski definition) is 1. The summed E-state index contributed by atoms with van der Waals surface area (Å²) in [7, 11) is 0. The van der Waals surface area contributed by atoms with Crippen LogP contribution < -0.4 is 4.90 Å². The number of benzene rings is 2. The second kappa shape index (κ2) is 6.50. The zero-order valence-electron chi connectivity index (χ0n) is 13.6. The summed E-state index contributed by atoms with van der Waals surface area (Å²) in [5.74, 6) is -1.15. The summed E-state index contributed by atoms with van der Waals surface area (Å²) in [5.41, 5.74) is 0.145. The third kappa shape index (κ3) is 3.38. The van der Waals surface area contributed by atoms with E-state index in [0.717, 1.165) is 12.1 Å². The molecule has 6 heteroatoms. The van der Waals surface area contributed by atoms with Gasteiger partial charge in [-0.25, -0.2) is 4.39 Å². The number of alkyl halides is 3. The van der Waals surface area contributed by atoms with Crippen LogP contribution in [0.2, 0.25) is 0 Å². The molecule has 0 saturated carbocycles. The van der Waals surface area contributed by atoms with Crippen molar-refractivity contribution >= 4 is 11.6 Å². The molecule has 1 heterocycles. The van der Waals surface area contributed by atoms with E-state index in [1.54, 1.807) is 12.1 Å². The number of amides is 1. The summed E-state index contributed by atoms with van der Waals surface area (Å²) < 4.78 is 52.0. The van der Waals surface area contributed by atoms with Gasteiger partial charge in [0.2, 0.25) is 5.91 Å². The van der Waals surface area contributed by atoms with E-state index in [1.165, 1.54) is 29.2 Å². The summed E-state index contributed by atoms with van der Waals surface area (Å²) in [4.78, 5) is 14.3. The first-order valence-corrected chi connectivity index (χ1v) is 8.05. The highest BCUT2D eigenvalue weighted by Gasteiger charge is 2.41. The Bertz CT molecular complexity index is 770. The maximum atomic E-state index is 13.1. The molecule has 2 unspecified atom stereocenters. The molecule has 0 aliphatic carbocycles. The maximum absolute atomic E-state index is 13.1. The number of anilines is 1. The van der Waals surface area contributed by atoms with Gasteiger partial charge in [-0.05, 0) is 41.8 Å². The lowest BCUT2D eigenvalue weighted by Gasteiger charge is -2.18. The molecule has 3 rings (SSSR count). The van der Waals surface area contributed by atoms with E-state index in [9.17, 15) is 22.4 Å². The minimum absolute atomic E-state index is 0.0347. The zero-order valence-corrected chi connectivity index (χ0v) is 13.6. The minimum Gasteiger partial charge on any atom is -0.312 e. The number of hydrogen-bond donors (Lipinski definition) is 0. The van der Waals surface area contributed by atoms with Gasteiger partial charge < -0.3 is 4.90 Å². The molecule has 2 atom stereocenters. The van der Waals surface area contributed by atoms with E-state index in [0.29, 0.717) is 18.5 Å². The van der Waals surface area contributed by atoms with Crippen molar-refractivity contribution in [1.82, 2.24) is 0 Å². The number of halogens is 4. The molecule has 25 heavy (non-hydrogen) atoms. The summed E-state index contributed by atoms with van der Waals surface area (Å²) in [6.45, 7) is 2.28. The van der Waals surface area contributed by atoms with Crippen molar-refractivity contribution in [2.75, 3.05) is 11.4 Å². The Kier molecular flexibility index (Phi) is 4.54. The van der Waals surface area contributed by atoms with Crippen LogP contribution >= 0.6 is 0 Å². The van der Waals surface area contributed by atoms with Crippen LogP contribution in [-0.4, -0.2) is 12.5 Å². The van der Waals surface area contributed by atoms with Gasteiger partial charge in [0, 0.05) is 12.2 Å². The first-order chi connectivity index (χ1) is 11.8. The van der Waals surface area contributed by atoms with Crippen LogP contribution in [0.1, 0.15) is 30.4 Å². The lowest BCUT2D eigenvalue weighted by Crippen LogP contribution is -2.26. The molecule has 2 nitrogen and oxygen atoms in total. The topological polar surface area (TPSA) is 20.3 Å². The molecular formula is C19H17F4NO. The standard InChI is InChI=1S/C19H17F4NO/c1-2-12-11-24(16-5-3-4-14(10-16)19(21,22)23)18(25)17(12)13-6-8-15(20)9-7-13/h3-10,12,17H,2,11H2,1H3. The molecule has 1 saturated heterocycles. The van der Waals surface area contributed by atoms with Crippen LogP contribution in [-0.2, 0) is 11.0 Å². The third-order valence-electron chi connectivity index (χ3n) is 4.66. The Labute approximate surface area is 143 Å². The Morgan fingerprint density at radius 2 is 1.80 bits per heavy atom. The van der Waals surface area contributed by atoms with Crippen LogP contribution in [0.3, 0.4) is 0 Å². The summed E-state index contributed by atoms with van der Waals surface area (Å²) in [6, 6.07) is 10.5. The van der Waals surface area contributed by atoms with Crippen molar-refractivity contribution in [2.45, 2.75) is 25.4 Å². The van der Waals surface area contributed by atoms with Crippen molar-refractivity contribution < 1.29 is 22.4 Å². The summed E-state index contributed by atoms with van der Waals surface area (Å²) in [5, 5.41) is 0. The Morgan fingerprint density at radius 1 is 1.12 bits per heavy atom. The fourth-order valence-corrected chi connectivity index (χ4v) is 3.33. The minimum atomic E-state index is -4.46. The van der Waals surface area contributed by atoms with Crippen molar-refractivity contribution in [3.8, 4) is 0 Å². The van der Waals surface area contributed by atoms with Gasteiger partial charge in [0.15, 0.2) is 0 Å². The van der Waals surface area contributed by atoms with E-state index in [2.05, 4.69) is 0 Å². The van der Waals surface area contributed by atoms with Gasteiger partial charge in [-0.2, -0.15) is 13.2 Å². The fourth-order valence-electron chi connectivity index (χ4n) is 3.33. The third-order valence-corrected chi connectivity index (χ3v) is 4.66. The summed E-state index contributed by atoms with van der Waals surface area (Å²) in [6.07, 6.45) is -3.76.